The van der Waals surface area contributed by atoms with Gasteiger partial charge < -0.3 is 15.7 Å². The quantitative estimate of drug-likeness (QED) is 0.201. The van der Waals surface area contributed by atoms with E-state index in [1.807, 2.05) is 67.8 Å². The molecule has 190 valence electrons. The Morgan fingerprint density at radius 2 is 1.38 bits per heavy atom. The monoisotopic (exact) mass is 626 g/mol. The summed E-state index contributed by atoms with van der Waals surface area (Å²) >= 11 is 2.13. The fraction of sp³-hybridized carbons (Fsp3) is 0.179. The Labute approximate surface area is 229 Å². The molecule has 2 unspecified atom stereocenters. The number of hydrogen-bond donors (Lipinski definition) is 3. The van der Waals surface area contributed by atoms with Crippen molar-refractivity contribution >= 4 is 60.3 Å². The number of H-pyrrole nitrogens is 2. The second-order valence-corrected chi connectivity index (χ2v) is 12.3. The zero-order chi connectivity index (χ0) is 26.2. The van der Waals surface area contributed by atoms with Gasteiger partial charge in [0.2, 0.25) is 15.9 Å². The predicted molar refractivity (Wildman–Crippen MR) is 155 cm³/mol. The van der Waals surface area contributed by atoms with Crippen LogP contribution in [0.5, 0.6) is 0 Å². The summed E-state index contributed by atoms with van der Waals surface area (Å²) in [4.78, 5) is 19.5. The van der Waals surface area contributed by atoms with Crippen LogP contribution in [0.2, 0.25) is 0 Å². The van der Waals surface area contributed by atoms with E-state index in [4.69, 9.17) is 5.73 Å². The summed E-state index contributed by atoms with van der Waals surface area (Å²) in [5.41, 5.74) is 9.63. The molecular weight excluding hydrogens is 599 g/mol. The van der Waals surface area contributed by atoms with Crippen LogP contribution in [0.1, 0.15) is 18.1 Å². The Hall–Kier alpha value is -3.15. The third-order valence-corrected chi connectivity index (χ3v) is 9.49. The standard InChI is InChI=1S/C28H27IN4O3S/c1-18(14-19-16-31-25-8-4-2-6-23(19)25)33(37(35,36)22-12-10-21(29)11-13-22)27(28(30)34)15-20-17-32-26-9-5-3-7-24(20)26/h2-13,16-18,27,31-32H,14-15H2,1H3,(H2,30,34). The molecule has 2 heterocycles. The first-order valence-corrected chi connectivity index (χ1v) is 14.5. The fourth-order valence-electron chi connectivity index (χ4n) is 4.97. The average molecular weight is 627 g/mol. The summed E-state index contributed by atoms with van der Waals surface area (Å²) in [5.74, 6) is -0.690. The molecule has 0 saturated heterocycles. The van der Waals surface area contributed by atoms with Crippen molar-refractivity contribution < 1.29 is 13.2 Å². The number of amides is 1. The molecule has 0 aliphatic carbocycles. The minimum absolute atomic E-state index is 0.129. The van der Waals surface area contributed by atoms with Crippen molar-refractivity contribution in [2.45, 2.75) is 36.7 Å². The van der Waals surface area contributed by atoms with Crippen molar-refractivity contribution in [3.63, 3.8) is 0 Å². The number of para-hydroxylation sites is 2. The third kappa shape index (κ3) is 5.03. The van der Waals surface area contributed by atoms with Crippen LogP contribution < -0.4 is 5.73 Å². The number of aromatic nitrogens is 2. The number of rotatable bonds is 9. The predicted octanol–water partition coefficient (Wildman–Crippen LogP) is 4.97. The van der Waals surface area contributed by atoms with Gasteiger partial charge in [0, 0.05) is 50.2 Å². The van der Waals surface area contributed by atoms with Crippen molar-refractivity contribution in [1.82, 2.24) is 14.3 Å². The van der Waals surface area contributed by atoms with Gasteiger partial charge in [0.15, 0.2) is 0 Å². The molecule has 3 aromatic carbocycles. The SMILES string of the molecule is CC(Cc1c[nH]c2ccccc12)N(C(Cc1c[nH]c2ccccc12)C(N)=O)S(=O)(=O)c1ccc(I)cc1. The molecule has 0 aliphatic heterocycles. The second kappa shape index (κ2) is 10.3. The van der Waals surface area contributed by atoms with Crippen LogP contribution in [0.15, 0.2) is 90.1 Å². The summed E-state index contributed by atoms with van der Waals surface area (Å²) in [6, 6.07) is 20.6. The first-order valence-electron chi connectivity index (χ1n) is 11.9. The highest BCUT2D eigenvalue weighted by molar-refractivity contribution is 14.1. The largest absolute Gasteiger partial charge is 0.368 e. The summed E-state index contributed by atoms with van der Waals surface area (Å²) in [5, 5.41) is 1.96. The van der Waals surface area contributed by atoms with E-state index >= 15 is 0 Å². The number of benzene rings is 3. The number of carbonyl (C=O) groups excluding carboxylic acids is 1. The summed E-state index contributed by atoms with van der Waals surface area (Å²) in [6.45, 7) is 1.83. The Morgan fingerprint density at radius 3 is 1.92 bits per heavy atom. The van der Waals surface area contributed by atoms with Crippen LogP contribution in [0.4, 0.5) is 0 Å². The van der Waals surface area contributed by atoms with Crippen molar-refractivity contribution in [2.24, 2.45) is 5.73 Å². The highest BCUT2D eigenvalue weighted by Gasteiger charge is 2.39. The van der Waals surface area contributed by atoms with Gasteiger partial charge in [0.05, 0.1) is 4.90 Å². The fourth-order valence-corrected chi connectivity index (χ4v) is 7.12. The minimum Gasteiger partial charge on any atom is -0.368 e. The molecule has 37 heavy (non-hydrogen) atoms. The summed E-state index contributed by atoms with van der Waals surface area (Å²) in [7, 11) is -4.07. The first kappa shape index (κ1) is 25.5. The van der Waals surface area contributed by atoms with Crippen LogP contribution in [0, 0.1) is 3.57 Å². The number of fused-ring (bicyclic) bond motifs is 2. The molecule has 2 atom stereocenters. The first-order chi connectivity index (χ1) is 17.8. The maximum absolute atomic E-state index is 14.1. The molecule has 4 N–H and O–H groups in total. The van der Waals surface area contributed by atoms with Crippen LogP contribution in [-0.4, -0.2) is 40.7 Å². The van der Waals surface area contributed by atoms with Crippen molar-refractivity contribution in [3.8, 4) is 0 Å². The molecule has 7 nitrogen and oxygen atoms in total. The molecule has 1 amide bonds. The van der Waals surface area contributed by atoms with Gasteiger partial charge in [0.1, 0.15) is 6.04 Å². The lowest BCUT2D eigenvalue weighted by atomic mass is 10.0. The minimum atomic E-state index is -4.07. The molecular formula is C28H27IN4O3S. The highest BCUT2D eigenvalue weighted by Crippen LogP contribution is 2.29. The van der Waals surface area contributed by atoms with Crippen molar-refractivity contribution in [3.05, 3.63) is 99.9 Å². The number of sulfonamides is 1. The number of primary amides is 1. The van der Waals surface area contributed by atoms with E-state index < -0.39 is 28.0 Å². The van der Waals surface area contributed by atoms with Gasteiger partial charge in [0.25, 0.3) is 0 Å². The zero-order valence-corrected chi connectivity index (χ0v) is 23.2. The van der Waals surface area contributed by atoms with Gasteiger partial charge in [-0.05, 0) is 83.5 Å². The lowest BCUT2D eigenvalue weighted by molar-refractivity contribution is -0.122. The maximum Gasteiger partial charge on any atom is 0.244 e. The van der Waals surface area contributed by atoms with Crippen LogP contribution in [-0.2, 0) is 27.7 Å². The number of hydrogen-bond acceptors (Lipinski definition) is 3. The van der Waals surface area contributed by atoms with E-state index in [1.54, 1.807) is 24.3 Å². The van der Waals surface area contributed by atoms with E-state index in [1.165, 1.54) is 4.31 Å². The van der Waals surface area contributed by atoms with E-state index in [0.29, 0.717) is 6.42 Å². The van der Waals surface area contributed by atoms with Crippen molar-refractivity contribution in [1.29, 1.82) is 0 Å². The Balaban J connectivity index is 1.58. The average Bonchev–Trinajstić information content (AvgIpc) is 3.48. The molecule has 0 radical (unpaired) electrons. The van der Waals surface area contributed by atoms with Crippen LogP contribution >= 0.6 is 22.6 Å². The molecule has 5 aromatic rings. The van der Waals surface area contributed by atoms with Crippen molar-refractivity contribution in [2.75, 3.05) is 0 Å². The lowest BCUT2D eigenvalue weighted by Crippen LogP contribution is -2.53. The zero-order valence-electron chi connectivity index (χ0n) is 20.2. The smallest absolute Gasteiger partial charge is 0.244 e. The number of nitrogens with one attached hydrogen (secondary N) is 2. The Kier molecular flexibility index (Phi) is 7.11. The normalized spacial score (nSPS) is 13.8. The molecule has 9 heteroatoms. The molecule has 0 fully saturated rings. The molecule has 0 aliphatic rings. The van der Waals surface area contributed by atoms with Gasteiger partial charge in [-0.15, -0.1) is 0 Å². The van der Waals surface area contributed by atoms with Gasteiger partial charge in [-0.1, -0.05) is 36.4 Å². The number of carbonyl (C=O) groups is 1. The summed E-state index contributed by atoms with van der Waals surface area (Å²) < 4.78 is 30.5. The molecule has 0 bridgehead atoms. The summed E-state index contributed by atoms with van der Waals surface area (Å²) in [6.07, 6.45) is 4.28. The number of nitrogens with two attached hydrogens (primary N) is 1. The van der Waals surface area contributed by atoms with E-state index in [-0.39, 0.29) is 11.3 Å². The van der Waals surface area contributed by atoms with Gasteiger partial charge >= 0.3 is 0 Å². The Bertz CT molecular complexity index is 1670. The molecule has 0 spiro atoms. The van der Waals surface area contributed by atoms with Gasteiger partial charge in [-0.3, -0.25) is 4.79 Å². The van der Waals surface area contributed by atoms with E-state index in [9.17, 15) is 13.2 Å². The lowest BCUT2D eigenvalue weighted by Gasteiger charge is -2.34. The highest BCUT2D eigenvalue weighted by atomic mass is 127. The second-order valence-electron chi connectivity index (χ2n) is 9.18. The maximum atomic E-state index is 14.1. The van der Waals surface area contributed by atoms with E-state index in [0.717, 1.165) is 36.5 Å². The number of aromatic amines is 2. The van der Waals surface area contributed by atoms with Gasteiger partial charge in [-0.25, -0.2) is 8.42 Å². The van der Waals surface area contributed by atoms with Gasteiger partial charge in [-0.2, -0.15) is 4.31 Å². The molecule has 2 aromatic heterocycles. The van der Waals surface area contributed by atoms with Crippen LogP contribution in [0.3, 0.4) is 0 Å². The number of halogens is 1. The van der Waals surface area contributed by atoms with Crippen LogP contribution in [0.25, 0.3) is 21.8 Å². The molecule has 5 rings (SSSR count). The Morgan fingerprint density at radius 1 is 0.865 bits per heavy atom. The van der Waals surface area contributed by atoms with E-state index in [2.05, 4.69) is 32.6 Å². The topological polar surface area (TPSA) is 112 Å². The number of nitrogens with zero attached hydrogens (tertiary/aromatic N) is 1. The molecule has 0 saturated carbocycles. The third-order valence-electron chi connectivity index (χ3n) is 6.74.